The zero-order valence-corrected chi connectivity index (χ0v) is 9.70. The zero-order chi connectivity index (χ0) is 11.2. The van der Waals surface area contributed by atoms with Crippen LogP contribution >= 0.6 is 0 Å². The molecule has 0 amide bonds. The number of nitrogens with zero attached hydrogens (tertiary/aromatic N) is 2. The number of pyridine rings is 1. The van der Waals surface area contributed by atoms with Gasteiger partial charge in [0.05, 0.1) is 11.4 Å². The van der Waals surface area contributed by atoms with E-state index in [4.69, 9.17) is 5.73 Å². The third-order valence-corrected chi connectivity index (χ3v) is 2.96. The number of rotatable bonds is 1. The van der Waals surface area contributed by atoms with Crippen LogP contribution in [0.2, 0.25) is 0 Å². The lowest BCUT2D eigenvalue weighted by Crippen LogP contribution is -2.01. The molecule has 0 fully saturated rings. The number of aromatic nitrogens is 2. The van der Waals surface area contributed by atoms with Crippen molar-refractivity contribution in [3.8, 4) is 0 Å². The molecule has 0 aromatic carbocycles. The Morgan fingerprint density at radius 3 is 2.60 bits per heavy atom. The molecule has 2 N–H and O–H groups in total. The lowest BCUT2D eigenvalue weighted by atomic mass is 10.0. The van der Waals surface area contributed by atoms with Gasteiger partial charge in [-0.15, -0.1) is 0 Å². The molecule has 0 bridgehead atoms. The van der Waals surface area contributed by atoms with Crippen LogP contribution in [0.25, 0.3) is 5.65 Å². The topological polar surface area (TPSA) is 43.3 Å². The van der Waals surface area contributed by atoms with Crippen LogP contribution in [0.15, 0.2) is 12.3 Å². The molecule has 0 radical (unpaired) electrons. The van der Waals surface area contributed by atoms with E-state index >= 15 is 0 Å². The highest BCUT2D eigenvalue weighted by molar-refractivity contribution is 5.70. The summed E-state index contributed by atoms with van der Waals surface area (Å²) in [6.45, 7) is 8.36. The maximum absolute atomic E-state index is 6.12. The molecule has 0 unspecified atom stereocenters. The van der Waals surface area contributed by atoms with Gasteiger partial charge >= 0.3 is 0 Å². The molecule has 0 saturated heterocycles. The smallest absolute Gasteiger partial charge is 0.160 e. The third-order valence-electron chi connectivity index (χ3n) is 2.96. The van der Waals surface area contributed by atoms with E-state index < -0.39 is 0 Å². The summed E-state index contributed by atoms with van der Waals surface area (Å²) < 4.78 is 2.05. The minimum Gasteiger partial charge on any atom is -0.395 e. The molecule has 2 heterocycles. The van der Waals surface area contributed by atoms with Crippen molar-refractivity contribution >= 4 is 11.3 Å². The van der Waals surface area contributed by atoms with Gasteiger partial charge in [0.2, 0.25) is 0 Å². The average Bonchev–Trinajstić information content (AvgIpc) is 2.45. The van der Waals surface area contributed by atoms with Crippen molar-refractivity contribution in [3.63, 3.8) is 0 Å². The normalized spacial score (nSPS) is 11.5. The van der Waals surface area contributed by atoms with Crippen molar-refractivity contribution in [2.24, 2.45) is 0 Å². The Labute approximate surface area is 89.9 Å². The molecule has 3 nitrogen and oxygen atoms in total. The van der Waals surface area contributed by atoms with Gasteiger partial charge in [-0.3, -0.25) is 0 Å². The highest BCUT2D eigenvalue weighted by Crippen LogP contribution is 2.26. The SMILES string of the molecule is Cc1nc2c(N)c(C(C)C)ccn2c1C. The van der Waals surface area contributed by atoms with E-state index in [2.05, 4.69) is 42.4 Å². The maximum Gasteiger partial charge on any atom is 0.160 e. The second-order valence-corrected chi connectivity index (χ2v) is 4.32. The summed E-state index contributed by atoms with van der Waals surface area (Å²) in [5.41, 5.74) is 11.2. The molecule has 0 spiro atoms. The Morgan fingerprint density at radius 2 is 2.00 bits per heavy atom. The minimum absolute atomic E-state index is 0.437. The largest absolute Gasteiger partial charge is 0.395 e. The van der Waals surface area contributed by atoms with Gasteiger partial charge in [-0.2, -0.15) is 0 Å². The van der Waals surface area contributed by atoms with Crippen LogP contribution in [0.4, 0.5) is 5.69 Å². The second kappa shape index (κ2) is 3.26. The van der Waals surface area contributed by atoms with Crippen LogP contribution in [0.5, 0.6) is 0 Å². The molecule has 0 aliphatic carbocycles. The molecule has 3 heteroatoms. The lowest BCUT2D eigenvalue weighted by Gasteiger charge is -2.10. The van der Waals surface area contributed by atoms with Crippen molar-refractivity contribution in [2.45, 2.75) is 33.6 Å². The van der Waals surface area contributed by atoms with Crippen LogP contribution in [-0.4, -0.2) is 9.38 Å². The summed E-state index contributed by atoms with van der Waals surface area (Å²) in [6, 6.07) is 2.08. The molecular formula is C12H17N3. The molecule has 0 saturated carbocycles. The summed E-state index contributed by atoms with van der Waals surface area (Å²) >= 11 is 0. The first kappa shape index (κ1) is 10.0. The first-order chi connectivity index (χ1) is 7.02. The number of nitrogen functional groups attached to an aromatic ring is 1. The molecule has 15 heavy (non-hydrogen) atoms. The van der Waals surface area contributed by atoms with E-state index in [-0.39, 0.29) is 0 Å². The van der Waals surface area contributed by atoms with Gasteiger partial charge in [-0.25, -0.2) is 4.98 Å². The van der Waals surface area contributed by atoms with E-state index in [1.165, 1.54) is 5.56 Å². The predicted octanol–water partition coefficient (Wildman–Crippen LogP) is 2.66. The molecule has 2 rings (SSSR count). The Morgan fingerprint density at radius 1 is 1.33 bits per heavy atom. The number of hydrogen-bond donors (Lipinski definition) is 1. The van der Waals surface area contributed by atoms with Gasteiger partial charge in [0.1, 0.15) is 0 Å². The fourth-order valence-corrected chi connectivity index (χ4v) is 1.88. The lowest BCUT2D eigenvalue weighted by molar-refractivity contribution is 0.865. The monoisotopic (exact) mass is 203 g/mol. The Kier molecular flexibility index (Phi) is 2.18. The van der Waals surface area contributed by atoms with Gasteiger partial charge in [0, 0.05) is 11.9 Å². The number of nitrogens with two attached hydrogens (primary N) is 1. The highest BCUT2D eigenvalue weighted by Gasteiger charge is 2.11. The number of hydrogen-bond acceptors (Lipinski definition) is 2. The Bertz CT molecular complexity index is 509. The van der Waals surface area contributed by atoms with Gasteiger partial charge in [0.15, 0.2) is 5.65 Å². The quantitative estimate of drug-likeness (QED) is 0.774. The van der Waals surface area contributed by atoms with Gasteiger partial charge in [-0.05, 0) is 31.4 Å². The van der Waals surface area contributed by atoms with E-state index in [9.17, 15) is 0 Å². The van der Waals surface area contributed by atoms with Crippen LogP contribution in [-0.2, 0) is 0 Å². The standard InChI is InChI=1S/C12H17N3/c1-7(2)10-5-6-15-9(4)8(3)14-12(15)11(10)13/h5-7H,13H2,1-4H3. The third kappa shape index (κ3) is 1.39. The molecule has 80 valence electrons. The molecule has 2 aromatic heterocycles. The Balaban J connectivity index is 2.80. The van der Waals surface area contributed by atoms with Gasteiger partial charge in [0.25, 0.3) is 0 Å². The number of aryl methyl sites for hydroxylation is 2. The van der Waals surface area contributed by atoms with E-state index in [1.807, 2.05) is 6.92 Å². The van der Waals surface area contributed by atoms with Crippen LogP contribution in [0, 0.1) is 13.8 Å². The summed E-state index contributed by atoms with van der Waals surface area (Å²) in [5.74, 6) is 0.437. The van der Waals surface area contributed by atoms with Gasteiger partial charge < -0.3 is 10.1 Å². The van der Waals surface area contributed by atoms with Crippen LogP contribution in [0.1, 0.15) is 36.7 Å². The molecule has 0 aliphatic heterocycles. The first-order valence-electron chi connectivity index (χ1n) is 5.26. The van der Waals surface area contributed by atoms with Crippen LogP contribution < -0.4 is 5.73 Å². The van der Waals surface area contributed by atoms with Gasteiger partial charge in [-0.1, -0.05) is 13.8 Å². The Hall–Kier alpha value is -1.51. The summed E-state index contributed by atoms with van der Waals surface area (Å²) in [6.07, 6.45) is 2.05. The molecule has 0 aliphatic rings. The fraction of sp³-hybridized carbons (Fsp3) is 0.417. The van der Waals surface area contributed by atoms with Crippen molar-refractivity contribution < 1.29 is 0 Å². The number of imidazole rings is 1. The second-order valence-electron chi connectivity index (χ2n) is 4.32. The summed E-state index contributed by atoms with van der Waals surface area (Å²) in [5, 5.41) is 0. The first-order valence-corrected chi connectivity index (χ1v) is 5.26. The molecule has 2 aromatic rings. The maximum atomic E-state index is 6.12. The van der Waals surface area contributed by atoms with Crippen LogP contribution in [0.3, 0.4) is 0 Å². The van der Waals surface area contributed by atoms with E-state index in [0.717, 1.165) is 22.7 Å². The number of fused-ring (bicyclic) bond motifs is 1. The van der Waals surface area contributed by atoms with Crippen molar-refractivity contribution in [1.29, 1.82) is 0 Å². The van der Waals surface area contributed by atoms with Crippen molar-refractivity contribution in [2.75, 3.05) is 5.73 Å². The highest BCUT2D eigenvalue weighted by atomic mass is 15.0. The van der Waals surface area contributed by atoms with E-state index in [0.29, 0.717) is 5.92 Å². The number of anilines is 1. The van der Waals surface area contributed by atoms with E-state index in [1.54, 1.807) is 0 Å². The molecular weight excluding hydrogens is 186 g/mol. The van der Waals surface area contributed by atoms with Crippen molar-refractivity contribution in [1.82, 2.24) is 9.38 Å². The van der Waals surface area contributed by atoms with Crippen molar-refractivity contribution in [3.05, 3.63) is 29.2 Å². The minimum atomic E-state index is 0.437. The fourth-order valence-electron chi connectivity index (χ4n) is 1.88. The summed E-state index contributed by atoms with van der Waals surface area (Å²) in [7, 11) is 0. The summed E-state index contributed by atoms with van der Waals surface area (Å²) in [4.78, 5) is 4.49. The molecule has 0 atom stereocenters. The predicted molar refractivity (Wildman–Crippen MR) is 63.2 cm³/mol. The zero-order valence-electron chi connectivity index (χ0n) is 9.70. The average molecular weight is 203 g/mol.